The molecule has 0 aliphatic carbocycles. The zero-order valence-corrected chi connectivity index (χ0v) is 21.4. The Morgan fingerprint density at radius 3 is 2.26 bits per heavy atom. The number of hydrogen-bond donors (Lipinski definition) is 1. The van der Waals surface area contributed by atoms with E-state index < -0.39 is 17.3 Å². The van der Waals surface area contributed by atoms with E-state index in [4.69, 9.17) is 4.74 Å². The molecule has 1 heterocycles. The van der Waals surface area contributed by atoms with Crippen LogP contribution >= 0.6 is 11.3 Å². The highest BCUT2D eigenvalue weighted by Crippen LogP contribution is 2.38. The van der Waals surface area contributed by atoms with E-state index in [0.29, 0.717) is 24.2 Å². The third kappa shape index (κ3) is 6.73. The molecule has 1 aromatic heterocycles. The van der Waals surface area contributed by atoms with Crippen molar-refractivity contribution in [3.8, 4) is 16.2 Å². The van der Waals surface area contributed by atoms with Crippen LogP contribution in [0.4, 0.5) is 13.2 Å². The van der Waals surface area contributed by atoms with Crippen molar-refractivity contribution in [2.24, 2.45) is 0 Å². The van der Waals surface area contributed by atoms with E-state index in [0.717, 1.165) is 38.6 Å². The van der Waals surface area contributed by atoms with Crippen molar-refractivity contribution in [3.63, 3.8) is 0 Å². The number of carbonyl (C=O) groups excluding carboxylic acids is 1. The van der Waals surface area contributed by atoms with Gasteiger partial charge in [0, 0.05) is 21.7 Å². The maximum absolute atomic E-state index is 12.9. The first-order valence-electron chi connectivity index (χ1n) is 11.5. The van der Waals surface area contributed by atoms with Gasteiger partial charge in [-0.05, 0) is 86.2 Å². The molecule has 0 aliphatic heterocycles. The number of alkyl halides is 3. The van der Waals surface area contributed by atoms with E-state index in [1.54, 1.807) is 32.0 Å². The number of ketones is 1. The molecule has 0 bridgehead atoms. The van der Waals surface area contributed by atoms with Crippen LogP contribution in [0, 0.1) is 6.92 Å². The first-order chi connectivity index (χ1) is 16.3. The first-order valence-corrected chi connectivity index (χ1v) is 12.4. The summed E-state index contributed by atoms with van der Waals surface area (Å²) in [6.45, 7) is 9.46. The van der Waals surface area contributed by atoms with Gasteiger partial charge in [0.1, 0.15) is 11.4 Å². The summed E-state index contributed by atoms with van der Waals surface area (Å²) in [6.07, 6.45) is -3.47. The molecule has 7 heteroatoms. The molecule has 0 amide bonds. The van der Waals surface area contributed by atoms with Gasteiger partial charge in [0.05, 0.1) is 12.2 Å². The summed E-state index contributed by atoms with van der Waals surface area (Å²) in [5.74, 6) is 0.871. The van der Waals surface area contributed by atoms with Crippen LogP contribution in [-0.2, 0) is 12.6 Å². The van der Waals surface area contributed by atoms with Crippen LogP contribution in [0.15, 0.2) is 48.5 Å². The minimum absolute atomic E-state index is 0.0141. The second-order valence-electron chi connectivity index (χ2n) is 9.64. The Hall–Kier alpha value is -2.64. The van der Waals surface area contributed by atoms with Crippen LogP contribution in [-0.4, -0.2) is 23.1 Å². The third-order valence-corrected chi connectivity index (χ3v) is 7.06. The van der Waals surface area contributed by atoms with Crippen LogP contribution in [0.1, 0.15) is 72.0 Å². The van der Waals surface area contributed by atoms with Crippen molar-refractivity contribution in [1.29, 1.82) is 0 Å². The number of ether oxygens (including phenoxy) is 1. The molecule has 0 spiro atoms. The number of halogens is 3. The van der Waals surface area contributed by atoms with Crippen LogP contribution in [0.25, 0.3) is 10.4 Å². The first kappa shape index (κ1) is 27.0. The van der Waals surface area contributed by atoms with Gasteiger partial charge in [-0.25, -0.2) is 0 Å². The summed E-state index contributed by atoms with van der Waals surface area (Å²) in [5.41, 5.74) is 1.89. The van der Waals surface area contributed by atoms with Gasteiger partial charge in [-0.1, -0.05) is 26.0 Å². The second kappa shape index (κ2) is 10.5. The van der Waals surface area contributed by atoms with E-state index in [9.17, 15) is 23.1 Å². The van der Waals surface area contributed by atoms with Gasteiger partial charge in [0.25, 0.3) is 0 Å². The van der Waals surface area contributed by atoms with Crippen LogP contribution in [0.2, 0.25) is 0 Å². The highest BCUT2D eigenvalue weighted by atomic mass is 32.1. The smallest absolute Gasteiger partial charge is 0.416 e. The van der Waals surface area contributed by atoms with Gasteiger partial charge in [0.2, 0.25) is 0 Å². The molecule has 0 radical (unpaired) electrons. The second-order valence-corrected chi connectivity index (χ2v) is 10.8. The summed E-state index contributed by atoms with van der Waals surface area (Å²) in [4.78, 5) is 14.9. The number of aliphatic hydroxyl groups excluding tert-OH is 1. The van der Waals surface area contributed by atoms with Crippen molar-refractivity contribution < 1.29 is 27.8 Å². The van der Waals surface area contributed by atoms with E-state index in [-0.39, 0.29) is 18.3 Å². The number of rotatable bonds is 9. The summed E-state index contributed by atoms with van der Waals surface area (Å²) in [5, 5.41) is 9.42. The van der Waals surface area contributed by atoms with Crippen LogP contribution < -0.4 is 4.74 Å². The zero-order valence-electron chi connectivity index (χ0n) is 20.6. The number of aliphatic hydroxyl groups is 1. The Morgan fingerprint density at radius 2 is 1.71 bits per heavy atom. The predicted octanol–water partition coefficient (Wildman–Crippen LogP) is 7.83. The molecule has 0 aliphatic rings. The maximum Gasteiger partial charge on any atom is 0.416 e. The molecule has 2 aromatic carbocycles. The SMILES string of the molecule is Cc1cc(C(=O)CCc2sc(-c3ccc(C(F)(F)F)cc3)cc2C(C)C)ccc1OC(C)(C)CO. The minimum atomic E-state index is -4.36. The highest BCUT2D eigenvalue weighted by Gasteiger charge is 2.30. The Kier molecular flexibility index (Phi) is 8.12. The van der Waals surface area contributed by atoms with Gasteiger partial charge < -0.3 is 9.84 Å². The highest BCUT2D eigenvalue weighted by molar-refractivity contribution is 7.15. The summed E-state index contributed by atoms with van der Waals surface area (Å²) in [7, 11) is 0. The van der Waals surface area contributed by atoms with Crippen LogP contribution in [0.5, 0.6) is 5.75 Å². The zero-order chi connectivity index (χ0) is 26.0. The van der Waals surface area contributed by atoms with Crippen molar-refractivity contribution in [1.82, 2.24) is 0 Å². The number of carbonyl (C=O) groups is 1. The molecular formula is C28H31F3O3S. The monoisotopic (exact) mass is 504 g/mol. The van der Waals surface area contributed by atoms with Gasteiger partial charge in [-0.15, -0.1) is 11.3 Å². The van der Waals surface area contributed by atoms with Gasteiger partial charge in [-0.3, -0.25) is 4.79 Å². The molecule has 0 unspecified atom stereocenters. The topological polar surface area (TPSA) is 46.5 Å². The molecule has 0 saturated carbocycles. The fourth-order valence-corrected chi connectivity index (χ4v) is 5.05. The molecular weight excluding hydrogens is 473 g/mol. The molecule has 3 nitrogen and oxygen atoms in total. The molecule has 188 valence electrons. The lowest BCUT2D eigenvalue weighted by molar-refractivity contribution is -0.137. The number of Topliss-reactive ketones (excluding diaryl/α,β-unsaturated/α-hetero) is 1. The molecule has 3 aromatic rings. The maximum atomic E-state index is 12.9. The normalized spacial score (nSPS) is 12.3. The van der Waals surface area contributed by atoms with E-state index in [2.05, 4.69) is 13.8 Å². The fourth-order valence-electron chi connectivity index (χ4n) is 3.73. The molecule has 0 fully saturated rings. The van der Waals surface area contributed by atoms with Crippen molar-refractivity contribution in [2.75, 3.05) is 6.61 Å². The standard InChI is InChI=1S/C28H31F3O3S/c1-17(2)22-15-26(19-6-9-21(10-7-19)28(29,30)31)35-25(22)13-11-23(33)20-8-12-24(18(3)14-20)34-27(4,5)16-32/h6-10,12,14-15,17,32H,11,13,16H2,1-5H3. The fraction of sp³-hybridized carbons (Fsp3) is 0.393. The van der Waals surface area contributed by atoms with E-state index >= 15 is 0 Å². The predicted molar refractivity (Wildman–Crippen MR) is 134 cm³/mol. The van der Waals surface area contributed by atoms with Crippen molar-refractivity contribution in [2.45, 2.75) is 65.2 Å². The van der Waals surface area contributed by atoms with Crippen molar-refractivity contribution in [3.05, 3.63) is 75.7 Å². The largest absolute Gasteiger partial charge is 0.485 e. The summed E-state index contributed by atoms with van der Waals surface area (Å²) >= 11 is 1.53. The average Bonchev–Trinajstić information content (AvgIpc) is 3.23. The van der Waals surface area contributed by atoms with E-state index in [1.165, 1.54) is 23.5 Å². The lowest BCUT2D eigenvalue weighted by Gasteiger charge is -2.25. The Balaban J connectivity index is 1.75. The van der Waals surface area contributed by atoms with Gasteiger partial charge in [-0.2, -0.15) is 13.2 Å². The Morgan fingerprint density at radius 1 is 1.06 bits per heavy atom. The lowest BCUT2D eigenvalue weighted by Crippen LogP contribution is -2.32. The Labute approximate surface area is 208 Å². The van der Waals surface area contributed by atoms with Crippen molar-refractivity contribution >= 4 is 17.1 Å². The number of benzene rings is 2. The summed E-state index contributed by atoms with van der Waals surface area (Å²) in [6, 6.07) is 12.5. The lowest BCUT2D eigenvalue weighted by atomic mass is 9.98. The number of hydrogen-bond acceptors (Lipinski definition) is 4. The molecule has 3 rings (SSSR count). The summed E-state index contributed by atoms with van der Waals surface area (Å²) < 4.78 is 44.5. The number of aryl methyl sites for hydroxylation is 2. The average molecular weight is 505 g/mol. The number of thiophene rings is 1. The van der Waals surface area contributed by atoms with Gasteiger partial charge in [0.15, 0.2) is 5.78 Å². The van der Waals surface area contributed by atoms with E-state index in [1.807, 2.05) is 13.0 Å². The molecule has 35 heavy (non-hydrogen) atoms. The molecule has 0 atom stereocenters. The quantitative estimate of drug-likeness (QED) is 0.302. The Bertz CT molecular complexity index is 1180. The molecule has 0 saturated heterocycles. The molecule has 1 N–H and O–H groups in total. The van der Waals surface area contributed by atoms with Crippen LogP contribution in [0.3, 0.4) is 0 Å². The van der Waals surface area contributed by atoms with Gasteiger partial charge >= 0.3 is 6.18 Å². The third-order valence-electron chi connectivity index (χ3n) is 5.80. The minimum Gasteiger partial charge on any atom is -0.485 e.